The van der Waals surface area contributed by atoms with Crippen LogP contribution < -0.4 is 10.2 Å². The molecule has 0 atom stereocenters. The second kappa shape index (κ2) is 9.53. The molecule has 0 spiro atoms. The molecular weight excluding hydrogens is 362 g/mol. The zero-order valence-corrected chi connectivity index (χ0v) is 16.0. The van der Waals surface area contributed by atoms with Gasteiger partial charge in [0.1, 0.15) is 6.54 Å². The highest BCUT2D eigenvalue weighted by molar-refractivity contribution is 6.30. The van der Waals surface area contributed by atoms with Crippen LogP contribution >= 0.6 is 11.6 Å². The third-order valence-corrected chi connectivity index (χ3v) is 5.05. The summed E-state index contributed by atoms with van der Waals surface area (Å²) in [6.07, 6.45) is 0.297. The summed E-state index contributed by atoms with van der Waals surface area (Å²) in [5, 5.41) is 3.49. The standard InChI is InChI=1S/C21H24ClN3O2/c22-19-8-4-7-18(13-19)16-24-9-11-25(12-10-24)21(27)15-23-20(26)14-17-5-2-1-3-6-17/h1-8,13H,9-12,14-16H2,(H,23,26)/p+1. The fraction of sp³-hybridized carbons (Fsp3) is 0.333. The number of rotatable bonds is 6. The van der Waals surface area contributed by atoms with Gasteiger partial charge in [-0.2, -0.15) is 0 Å². The molecule has 142 valence electrons. The molecule has 0 unspecified atom stereocenters. The zero-order valence-electron chi connectivity index (χ0n) is 15.3. The van der Waals surface area contributed by atoms with Crippen LogP contribution in [0.5, 0.6) is 0 Å². The van der Waals surface area contributed by atoms with Crippen LogP contribution in [0, 0.1) is 0 Å². The Morgan fingerprint density at radius 2 is 1.70 bits per heavy atom. The number of nitrogens with zero attached hydrogens (tertiary/aromatic N) is 1. The lowest BCUT2D eigenvalue weighted by molar-refractivity contribution is -0.917. The highest BCUT2D eigenvalue weighted by Crippen LogP contribution is 2.09. The third-order valence-electron chi connectivity index (χ3n) is 4.81. The van der Waals surface area contributed by atoms with Crippen LogP contribution in [0.3, 0.4) is 0 Å². The molecule has 2 amide bonds. The Morgan fingerprint density at radius 1 is 1.00 bits per heavy atom. The van der Waals surface area contributed by atoms with Crippen molar-refractivity contribution < 1.29 is 14.5 Å². The van der Waals surface area contributed by atoms with Gasteiger partial charge in [-0.3, -0.25) is 9.59 Å². The van der Waals surface area contributed by atoms with E-state index in [1.165, 1.54) is 10.5 Å². The average Bonchev–Trinajstić information content (AvgIpc) is 2.67. The number of hydrogen-bond acceptors (Lipinski definition) is 2. The molecule has 1 heterocycles. The predicted molar refractivity (Wildman–Crippen MR) is 106 cm³/mol. The van der Waals surface area contributed by atoms with Gasteiger partial charge in [0.2, 0.25) is 11.8 Å². The summed E-state index contributed by atoms with van der Waals surface area (Å²) in [5.41, 5.74) is 2.16. The lowest BCUT2D eigenvalue weighted by Gasteiger charge is -2.32. The number of benzene rings is 2. The van der Waals surface area contributed by atoms with Gasteiger partial charge in [-0.25, -0.2) is 0 Å². The Kier molecular flexibility index (Phi) is 6.85. The van der Waals surface area contributed by atoms with Gasteiger partial charge in [0.15, 0.2) is 0 Å². The smallest absolute Gasteiger partial charge is 0.242 e. The maximum absolute atomic E-state index is 12.3. The highest BCUT2D eigenvalue weighted by Gasteiger charge is 2.23. The Balaban J connectivity index is 1.38. The molecule has 1 aliphatic heterocycles. The van der Waals surface area contributed by atoms with Gasteiger partial charge in [0.05, 0.1) is 39.1 Å². The van der Waals surface area contributed by atoms with Crippen molar-refractivity contribution in [2.45, 2.75) is 13.0 Å². The molecule has 2 N–H and O–H groups in total. The van der Waals surface area contributed by atoms with E-state index in [4.69, 9.17) is 11.6 Å². The first kappa shape index (κ1) is 19.4. The molecule has 0 aliphatic carbocycles. The van der Waals surface area contributed by atoms with E-state index >= 15 is 0 Å². The summed E-state index contributed by atoms with van der Waals surface area (Å²) < 4.78 is 0. The Bertz CT molecular complexity index is 774. The van der Waals surface area contributed by atoms with E-state index < -0.39 is 0 Å². The quantitative estimate of drug-likeness (QED) is 0.776. The summed E-state index contributed by atoms with van der Waals surface area (Å²) in [7, 11) is 0. The molecule has 0 radical (unpaired) electrons. The van der Waals surface area contributed by atoms with Crippen molar-refractivity contribution in [1.82, 2.24) is 10.2 Å². The van der Waals surface area contributed by atoms with Crippen molar-refractivity contribution >= 4 is 23.4 Å². The van der Waals surface area contributed by atoms with E-state index in [1.54, 1.807) is 0 Å². The third kappa shape index (κ3) is 6.08. The maximum atomic E-state index is 12.3. The average molecular weight is 387 g/mol. The van der Waals surface area contributed by atoms with E-state index in [0.29, 0.717) is 19.5 Å². The van der Waals surface area contributed by atoms with Crippen LogP contribution in [0.25, 0.3) is 0 Å². The summed E-state index contributed by atoms with van der Waals surface area (Å²) in [4.78, 5) is 27.6. The molecule has 2 aromatic carbocycles. The van der Waals surface area contributed by atoms with Crippen LogP contribution in [0.4, 0.5) is 0 Å². The molecule has 6 heteroatoms. The molecule has 2 aromatic rings. The molecule has 1 fully saturated rings. The van der Waals surface area contributed by atoms with Crippen LogP contribution in [-0.2, 0) is 22.6 Å². The molecular formula is C21H25ClN3O2+. The van der Waals surface area contributed by atoms with Gasteiger partial charge in [-0.15, -0.1) is 0 Å². The summed E-state index contributed by atoms with van der Waals surface area (Å²) in [5.74, 6) is -0.141. The minimum absolute atomic E-state index is 0.0155. The number of carbonyl (C=O) groups is 2. The molecule has 0 bridgehead atoms. The van der Waals surface area contributed by atoms with Gasteiger partial charge in [-0.1, -0.05) is 54.1 Å². The van der Waals surface area contributed by atoms with Crippen LogP contribution in [-0.4, -0.2) is 49.4 Å². The summed E-state index contributed by atoms with van der Waals surface area (Å²) in [6, 6.07) is 17.5. The summed E-state index contributed by atoms with van der Waals surface area (Å²) >= 11 is 6.04. The normalized spacial score (nSPS) is 14.8. The Morgan fingerprint density at radius 3 is 2.41 bits per heavy atom. The molecule has 27 heavy (non-hydrogen) atoms. The predicted octanol–water partition coefficient (Wildman–Crippen LogP) is 0.926. The van der Waals surface area contributed by atoms with Gasteiger partial charge in [0.25, 0.3) is 0 Å². The number of nitrogens with one attached hydrogen (secondary N) is 2. The van der Waals surface area contributed by atoms with Gasteiger partial charge in [-0.05, 0) is 17.7 Å². The minimum Gasteiger partial charge on any atom is -0.347 e. The van der Waals surface area contributed by atoms with Gasteiger partial charge < -0.3 is 15.1 Å². The van der Waals surface area contributed by atoms with Crippen molar-refractivity contribution in [3.63, 3.8) is 0 Å². The van der Waals surface area contributed by atoms with Gasteiger partial charge >= 0.3 is 0 Å². The lowest BCUT2D eigenvalue weighted by atomic mass is 10.1. The first-order valence-electron chi connectivity index (χ1n) is 9.26. The SMILES string of the molecule is O=C(Cc1ccccc1)NCC(=O)N1CC[NH+](Cc2cccc(Cl)c2)CC1. The first-order valence-corrected chi connectivity index (χ1v) is 9.64. The fourth-order valence-electron chi connectivity index (χ4n) is 3.31. The van der Waals surface area contributed by atoms with Crippen LogP contribution in [0.1, 0.15) is 11.1 Å². The van der Waals surface area contributed by atoms with E-state index in [1.807, 2.05) is 53.4 Å². The van der Waals surface area contributed by atoms with Crippen LogP contribution in [0.2, 0.25) is 5.02 Å². The van der Waals surface area contributed by atoms with Crippen molar-refractivity contribution in [2.24, 2.45) is 0 Å². The first-order chi connectivity index (χ1) is 13.1. The van der Waals surface area contributed by atoms with Crippen molar-refractivity contribution in [2.75, 3.05) is 32.7 Å². The number of halogens is 1. The lowest BCUT2D eigenvalue weighted by Crippen LogP contribution is -3.13. The monoisotopic (exact) mass is 386 g/mol. The van der Waals surface area contributed by atoms with E-state index in [0.717, 1.165) is 30.2 Å². The highest BCUT2D eigenvalue weighted by atomic mass is 35.5. The molecule has 0 aromatic heterocycles. The molecule has 1 saturated heterocycles. The van der Waals surface area contributed by atoms with E-state index in [-0.39, 0.29) is 18.4 Å². The summed E-state index contributed by atoms with van der Waals surface area (Å²) in [6.45, 7) is 4.20. The van der Waals surface area contributed by atoms with Gasteiger partial charge in [0, 0.05) is 10.6 Å². The topological polar surface area (TPSA) is 53.9 Å². The number of quaternary nitrogens is 1. The van der Waals surface area contributed by atoms with E-state index in [9.17, 15) is 9.59 Å². The number of carbonyl (C=O) groups excluding carboxylic acids is 2. The molecule has 0 saturated carbocycles. The van der Waals surface area contributed by atoms with Crippen molar-refractivity contribution in [3.8, 4) is 0 Å². The number of hydrogen-bond donors (Lipinski definition) is 2. The zero-order chi connectivity index (χ0) is 19.1. The number of piperazine rings is 1. The largest absolute Gasteiger partial charge is 0.347 e. The number of amides is 2. The second-order valence-corrected chi connectivity index (χ2v) is 7.31. The fourth-order valence-corrected chi connectivity index (χ4v) is 3.53. The minimum atomic E-state index is -0.125. The molecule has 1 aliphatic rings. The molecule has 5 nitrogen and oxygen atoms in total. The molecule has 3 rings (SSSR count). The van der Waals surface area contributed by atoms with Crippen molar-refractivity contribution in [1.29, 1.82) is 0 Å². The Labute approximate surface area is 164 Å². The second-order valence-electron chi connectivity index (χ2n) is 6.88. The van der Waals surface area contributed by atoms with E-state index in [2.05, 4.69) is 11.4 Å². The van der Waals surface area contributed by atoms with Crippen molar-refractivity contribution in [3.05, 3.63) is 70.7 Å². The maximum Gasteiger partial charge on any atom is 0.242 e. The van der Waals surface area contributed by atoms with Crippen LogP contribution in [0.15, 0.2) is 54.6 Å². The Hall–Kier alpha value is -2.37.